The van der Waals surface area contributed by atoms with Gasteiger partial charge in [0.15, 0.2) is 0 Å². The highest BCUT2D eigenvalue weighted by Crippen LogP contribution is 2.23. The number of anilines is 3. The lowest BCUT2D eigenvalue weighted by Crippen LogP contribution is -2.22. The smallest absolute Gasteiger partial charge is 0.304 e. The molecule has 0 saturated heterocycles. The number of nitrogens with one attached hydrogen (secondary N) is 2. The molecule has 2 aromatic heterocycles. The number of benzene rings is 1. The van der Waals surface area contributed by atoms with E-state index in [1.54, 1.807) is 12.1 Å². The van der Waals surface area contributed by atoms with Crippen LogP contribution in [0.15, 0.2) is 55.1 Å². The van der Waals surface area contributed by atoms with Gasteiger partial charge >= 0.3 is 6.43 Å². The van der Waals surface area contributed by atoms with E-state index in [0.29, 0.717) is 5.69 Å². The Labute approximate surface area is 156 Å². The zero-order chi connectivity index (χ0) is 19.9. The molecule has 11 heteroatoms. The summed E-state index contributed by atoms with van der Waals surface area (Å²) in [6.07, 6.45) is -2.85. The molecule has 2 N–H and O–H groups in total. The van der Waals surface area contributed by atoms with Crippen molar-refractivity contribution in [3.63, 3.8) is 0 Å². The number of carbonyl (C=O) groups excluding carboxylic acids is 1. The third-order valence-corrected chi connectivity index (χ3v) is 3.26. The van der Waals surface area contributed by atoms with Crippen LogP contribution in [0.5, 0.6) is 5.88 Å². The van der Waals surface area contributed by atoms with Crippen molar-refractivity contribution in [2.75, 3.05) is 10.6 Å². The molecule has 1 atom stereocenters. The fourth-order valence-electron chi connectivity index (χ4n) is 2.04. The van der Waals surface area contributed by atoms with E-state index in [1.807, 2.05) is 18.2 Å². The third-order valence-electron chi connectivity index (χ3n) is 3.26. The number of carbonyl (C=O) groups is 1. The highest BCUT2D eigenvalue weighted by Gasteiger charge is 2.23. The SMILES string of the molecule is O=C(Nc1cncnc1OC(F)C(F)F)c1ccnc(Nc2ccccc2)n1. The molecule has 144 valence electrons. The van der Waals surface area contributed by atoms with E-state index in [2.05, 4.69) is 35.3 Å². The van der Waals surface area contributed by atoms with Crippen LogP contribution < -0.4 is 15.4 Å². The fraction of sp³-hybridized carbons (Fsp3) is 0.118. The number of para-hydroxylation sites is 1. The summed E-state index contributed by atoms with van der Waals surface area (Å²) in [4.78, 5) is 27.7. The maximum Gasteiger partial charge on any atom is 0.304 e. The van der Waals surface area contributed by atoms with Crippen LogP contribution >= 0.6 is 0 Å². The molecule has 8 nitrogen and oxygen atoms in total. The molecule has 3 aromatic rings. The van der Waals surface area contributed by atoms with E-state index >= 15 is 0 Å². The predicted molar refractivity (Wildman–Crippen MR) is 93.3 cm³/mol. The lowest BCUT2D eigenvalue weighted by Gasteiger charge is -2.13. The first-order valence-corrected chi connectivity index (χ1v) is 7.88. The Morgan fingerprint density at radius 2 is 1.86 bits per heavy atom. The molecule has 0 spiro atoms. The molecule has 0 bridgehead atoms. The van der Waals surface area contributed by atoms with Gasteiger partial charge in [-0.2, -0.15) is 9.37 Å². The van der Waals surface area contributed by atoms with Crippen molar-refractivity contribution in [1.82, 2.24) is 19.9 Å². The quantitative estimate of drug-likeness (QED) is 0.639. The second-order valence-electron chi connectivity index (χ2n) is 5.26. The fourth-order valence-corrected chi connectivity index (χ4v) is 2.04. The summed E-state index contributed by atoms with van der Waals surface area (Å²) in [6.45, 7) is 0. The summed E-state index contributed by atoms with van der Waals surface area (Å²) < 4.78 is 42.2. The highest BCUT2D eigenvalue weighted by molar-refractivity contribution is 6.03. The number of amides is 1. The second kappa shape index (κ2) is 8.75. The first kappa shape index (κ1) is 19.0. The maximum atomic E-state index is 13.1. The molecule has 3 rings (SSSR count). The minimum Gasteiger partial charge on any atom is -0.435 e. The zero-order valence-electron chi connectivity index (χ0n) is 14.1. The first-order valence-electron chi connectivity index (χ1n) is 7.88. The van der Waals surface area contributed by atoms with Crippen molar-refractivity contribution < 1.29 is 22.7 Å². The van der Waals surface area contributed by atoms with E-state index in [0.717, 1.165) is 12.5 Å². The molecular formula is C17H13F3N6O2. The molecule has 0 radical (unpaired) electrons. The molecule has 0 aliphatic carbocycles. The van der Waals surface area contributed by atoms with Crippen LogP contribution in [-0.4, -0.2) is 38.6 Å². The molecule has 1 unspecified atom stereocenters. The number of ether oxygens (including phenoxy) is 1. The van der Waals surface area contributed by atoms with Gasteiger partial charge in [-0.3, -0.25) is 4.79 Å². The summed E-state index contributed by atoms with van der Waals surface area (Å²) in [6, 6.07) is 10.4. The van der Waals surface area contributed by atoms with Crippen LogP contribution in [-0.2, 0) is 0 Å². The van der Waals surface area contributed by atoms with Gasteiger partial charge in [-0.15, -0.1) is 0 Å². The van der Waals surface area contributed by atoms with Crippen molar-refractivity contribution in [1.29, 1.82) is 0 Å². The summed E-state index contributed by atoms with van der Waals surface area (Å²) in [5.41, 5.74) is 0.495. The van der Waals surface area contributed by atoms with E-state index in [-0.39, 0.29) is 17.3 Å². The maximum absolute atomic E-state index is 13.1. The largest absolute Gasteiger partial charge is 0.435 e. The summed E-state index contributed by atoms with van der Waals surface area (Å²) in [5, 5.41) is 5.27. The number of halogens is 3. The minimum absolute atomic E-state index is 0.0334. The molecule has 0 fully saturated rings. The van der Waals surface area contributed by atoms with Gasteiger partial charge in [-0.05, 0) is 18.2 Å². The monoisotopic (exact) mass is 390 g/mol. The number of aromatic nitrogens is 4. The summed E-state index contributed by atoms with van der Waals surface area (Å²) >= 11 is 0. The van der Waals surface area contributed by atoms with Crippen molar-refractivity contribution in [3.8, 4) is 5.88 Å². The Balaban J connectivity index is 1.74. The van der Waals surface area contributed by atoms with E-state index in [9.17, 15) is 18.0 Å². The molecule has 0 aliphatic rings. The van der Waals surface area contributed by atoms with Crippen LogP contribution in [0.3, 0.4) is 0 Å². The van der Waals surface area contributed by atoms with E-state index in [1.165, 1.54) is 12.3 Å². The van der Waals surface area contributed by atoms with Gasteiger partial charge in [0.2, 0.25) is 11.8 Å². The zero-order valence-corrected chi connectivity index (χ0v) is 14.1. The normalized spacial score (nSPS) is 11.7. The Bertz CT molecular complexity index is 945. The highest BCUT2D eigenvalue weighted by atomic mass is 19.3. The topological polar surface area (TPSA) is 102 Å². The Kier molecular flexibility index (Phi) is 5.94. The Hall–Kier alpha value is -3.76. The van der Waals surface area contributed by atoms with Gasteiger partial charge in [0, 0.05) is 11.9 Å². The Morgan fingerprint density at radius 1 is 1.07 bits per heavy atom. The molecule has 1 aromatic carbocycles. The van der Waals surface area contributed by atoms with Crippen LogP contribution in [0.1, 0.15) is 10.5 Å². The van der Waals surface area contributed by atoms with Gasteiger partial charge in [-0.25, -0.2) is 23.7 Å². The minimum atomic E-state index is -3.37. The molecule has 1 amide bonds. The van der Waals surface area contributed by atoms with Gasteiger partial charge in [0.25, 0.3) is 12.3 Å². The lowest BCUT2D eigenvalue weighted by atomic mass is 10.3. The first-order chi connectivity index (χ1) is 13.5. The average Bonchev–Trinajstić information content (AvgIpc) is 2.70. The van der Waals surface area contributed by atoms with E-state index in [4.69, 9.17) is 0 Å². The van der Waals surface area contributed by atoms with Gasteiger partial charge in [0.05, 0.1) is 6.20 Å². The number of alkyl halides is 3. The molecule has 2 heterocycles. The third kappa shape index (κ3) is 4.90. The summed E-state index contributed by atoms with van der Waals surface area (Å²) in [5.74, 6) is -1.08. The second-order valence-corrected chi connectivity index (χ2v) is 5.26. The van der Waals surface area contributed by atoms with Crippen molar-refractivity contribution in [2.45, 2.75) is 12.8 Å². The van der Waals surface area contributed by atoms with Gasteiger partial charge in [-0.1, -0.05) is 18.2 Å². The van der Waals surface area contributed by atoms with Gasteiger partial charge < -0.3 is 15.4 Å². The standard InChI is InChI=1S/C17H13F3N6O2/c18-13(19)14(20)28-16-12(8-21-9-23-16)25-15(27)11-6-7-22-17(26-11)24-10-4-2-1-3-5-10/h1-9,13-14H,(H,25,27)(H,22,24,26). The molecule has 28 heavy (non-hydrogen) atoms. The molecular weight excluding hydrogens is 377 g/mol. The average molecular weight is 390 g/mol. The van der Waals surface area contributed by atoms with Gasteiger partial charge in [0.1, 0.15) is 17.7 Å². The number of rotatable bonds is 7. The van der Waals surface area contributed by atoms with Crippen molar-refractivity contribution >= 4 is 23.2 Å². The van der Waals surface area contributed by atoms with Crippen LogP contribution in [0.2, 0.25) is 0 Å². The van der Waals surface area contributed by atoms with Crippen molar-refractivity contribution in [3.05, 3.63) is 60.8 Å². The summed E-state index contributed by atoms with van der Waals surface area (Å²) in [7, 11) is 0. The number of nitrogens with zero attached hydrogens (tertiary/aromatic N) is 4. The van der Waals surface area contributed by atoms with Crippen molar-refractivity contribution in [2.24, 2.45) is 0 Å². The predicted octanol–water partition coefficient (Wildman–Crippen LogP) is 3.20. The number of hydrogen-bond donors (Lipinski definition) is 2. The van der Waals surface area contributed by atoms with Crippen LogP contribution in [0.4, 0.5) is 30.5 Å². The molecule has 0 saturated carbocycles. The lowest BCUT2D eigenvalue weighted by molar-refractivity contribution is -0.0687. The van der Waals surface area contributed by atoms with E-state index < -0.39 is 24.6 Å². The van der Waals surface area contributed by atoms with Crippen LogP contribution in [0, 0.1) is 0 Å². The Morgan fingerprint density at radius 3 is 2.61 bits per heavy atom. The van der Waals surface area contributed by atoms with Crippen LogP contribution in [0.25, 0.3) is 0 Å². The molecule has 0 aliphatic heterocycles. The number of hydrogen-bond acceptors (Lipinski definition) is 7.